The summed E-state index contributed by atoms with van der Waals surface area (Å²) >= 11 is 0. The average Bonchev–Trinajstić information content (AvgIpc) is 0.860. The topological polar surface area (TPSA) is 666 Å². The number of nitrogens with zero attached hydrogens (tertiary/aromatic N) is 7. The molecule has 15 N–H and O–H groups in total. The summed E-state index contributed by atoms with van der Waals surface area (Å²) in [5.41, 5.74) is 22.8. The minimum absolute atomic E-state index is 0. The number of nitrogen functional groups attached to an aromatic ring is 2. The predicted molar refractivity (Wildman–Crippen MR) is 505 cm³/mol. The molecule has 0 spiro atoms. The molecule has 137 heavy (non-hydrogen) atoms. The maximum atomic E-state index is 12.0. The third-order valence-corrected chi connectivity index (χ3v) is 13.7. The Balaban J connectivity index is -0.000000369. The van der Waals surface area contributed by atoms with E-state index in [1.165, 1.54) is 146 Å². The van der Waals surface area contributed by atoms with Gasteiger partial charge in [-0.15, -0.1) is 0 Å². The first-order valence-electron chi connectivity index (χ1n) is 36.2. The van der Waals surface area contributed by atoms with Crippen molar-refractivity contribution in [2.75, 3.05) is 120 Å². The summed E-state index contributed by atoms with van der Waals surface area (Å²) in [5.74, 6) is 14.8. The molecule has 0 aliphatic carbocycles. The number of anilines is 6. The normalized spacial score (nSPS) is 10.1. The molecule has 8 aromatic rings. The Bertz CT molecular complexity index is 6610. The Morgan fingerprint density at radius 2 is 0.657 bits per heavy atom. The number of pyridine rings is 4. The van der Waals surface area contributed by atoms with Crippen LogP contribution < -0.4 is 146 Å². The zero-order valence-corrected chi connectivity index (χ0v) is 89.1. The van der Waals surface area contributed by atoms with Crippen molar-refractivity contribution in [1.82, 2.24) is 19.9 Å². The zero-order valence-electron chi connectivity index (χ0n) is 78.1. The first kappa shape index (κ1) is 134. The van der Waals surface area contributed by atoms with Crippen molar-refractivity contribution < 1.29 is 233 Å². The number of alkyl halides is 6. The van der Waals surface area contributed by atoms with Gasteiger partial charge in [0.2, 0.25) is 23.6 Å². The fourth-order valence-electron chi connectivity index (χ4n) is 7.47. The van der Waals surface area contributed by atoms with Gasteiger partial charge in [0.05, 0.1) is 33.4 Å². The second kappa shape index (κ2) is 65.5. The van der Waals surface area contributed by atoms with Crippen LogP contribution in [0.2, 0.25) is 0 Å². The van der Waals surface area contributed by atoms with Crippen molar-refractivity contribution >= 4 is 169 Å². The van der Waals surface area contributed by atoms with Crippen LogP contribution in [0.1, 0.15) is 115 Å². The fourth-order valence-corrected chi connectivity index (χ4v) is 8.98. The molecule has 0 bridgehead atoms. The van der Waals surface area contributed by atoms with E-state index in [1.807, 2.05) is 0 Å². The smallest absolute Gasteiger partial charge is 1.00 e. The number of hydrogen-bond acceptors (Lipinski definition) is 29. The number of primary amides is 1. The second-order valence-electron chi connectivity index (χ2n) is 27.6. The van der Waals surface area contributed by atoms with Gasteiger partial charge >= 0.3 is 139 Å². The standard InChI is InChI=1S/C18H18N4O3S.C18H17N3O3S.C16H13N3O3.C16H12N2O3.C4H6F3NO2S.C2H2F3NO.3C2H7NOS.C2H6OS.CH2O3.2K.H/c1-12(23)21-16-6-4-5-13(9-16)7-8-14-10-15(11-20-17(14)19)18(24)22-26(2,3)25;1-13(22)20-17-6-4-5-14(10-17)7-8-15-9-16(12-19-11-15)18(23)21-25(2,3)24;1-10(20)19-14-4-2-3-11(7-14)5-6-12-8-13(16(21)22)9-18-15(12)17;1-11(19)18-15-4-2-3-12(8-15)5-6-13-7-14(16(20)21)10-17-9-13;1-11(2,10)8-3(9)4(5,6)7;3-2(4,5)1(6)7;3*1-5(2,3)4;1-4(2)3;2-1-4-3;;;/h4-6,9-11H,1-3H3,(H2,19,20)(H,21,23);4-6,9-12H,1-3H3,(H,20,22);2-4,7-9H,1H3,(H2,17,18)(H,19,20)(H,21,22);2-4,7-10H,1H3,(H,18,19)(H,20,21);1-2H3;(H2,6,7);3*3H,1-2H3;1-2H3;1,3H;;;/q;;;;;;;;;;;2*+1;-1/p-1. The number of carboxylic acids is 2. The molecule has 4 aromatic carbocycles. The van der Waals surface area contributed by atoms with Gasteiger partial charge in [-0.3, -0.25) is 84.3 Å². The molecule has 0 aliphatic rings. The van der Waals surface area contributed by atoms with Gasteiger partial charge in [0.25, 0.3) is 18.3 Å². The number of hydrogen-bond donors (Lipinski definition) is 12. The van der Waals surface area contributed by atoms with Crippen molar-refractivity contribution in [3.8, 4) is 47.4 Å². The number of nitrogens with one attached hydrogen (secondary N) is 7. The Kier molecular flexibility index (Phi) is 64.2. The number of rotatable bonds is 9. The number of carbonyl (C=O) groups is 11. The number of nitrogens with two attached hydrogens (primary N) is 3. The maximum absolute atomic E-state index is 12.0. The van der Waals surface area contributed by atoms with Crippen molar-refractivity contribution in [2.24, 2.45) is 18.8 Å². The third kappa shape index (κ3) is 78.5. The molecular weight excluding hydrogens is 2000 g/mol. The number of carboxylic acid groups (broad SMARTS) is 2. The molecule has 732 valence electrons. The molecule has 0 fully saturated rings. The van der Waals surface area contributed by atoms with Crippen LogP contribution in [0.5, 0.6) is 0 Å². The number of aromatic carboxylic acids is 2. The monoisotopic (exact) mass is 2100 g/mol. The summed E-state index contributed by atoms with van der Waals surface area (Å²) < 4.78 is 168. The molecule has 54 heteroatoms. The SMILES string of the molecule is CC(=O)Nc1cccc(C#Cc2cc(C(=O)N=S(C)(C)=O)cnc2N)c1.CC(=O)Nc1cccc(C#Cc2cc(C(=O)O)cnc2N)c1.CC(=O)Nc1cccc(C#Cc2cncc(C(=O)N=S(C)(C)=O)c2)c1.CC(=O)Nc1cccc(C#Cc2cncc(C(=O)O)c2)c1.CS(C)(=N)=O.CS(C)(=N)=O.CS(C)(=N)=O.CS(C)(=O)=NC(=O)C(F)(F)F.CS(C)=O.NC(=O)C(F)(F)F.O=CO[O-].[H-].[K+].[K+]. The number of halogens is 6. The van der Waals surface area contributed by atoms with Gasteiger partial charge in [0.15, 0.2) is 0 Å². The molecule has 0 saturated carbocycles. The van der Waals surface area contributed by atoms with Crippen LogP contribution in [-0.4, -0.2) is 225 Å². The van der Waals surface area contributed by atoms with E-state index in [1.54, 1.807) is 116 Å². The summed E-state index contributed by atoms with van der Waals surface area (Å²) in [6.07, 6.45) is 17.2. The van der Waals surface area contributed by atoms with E-state index in [2.05, 4.69) is 112 Å². The summed E-state index contributed by atoms with van der Waals surface area (Å²) in [5, 5.41) is 36.9. The molecule has 0 atom stereocenters. The first-order valence-corrected chi connectivity index (χ1v) is 52.2. The van der Waals surface area contributed by atoms with Gasteiger partial charge in [0, 0.05) is 278 Å². The van der Waals surface area contributed by atoms with E-state index in [0.29, 0.717) is 67.3 Å². The van der Waals surface area contributed by atoms with Crippen LogP contribution in [0.25, 0.3) is 0 Å². The first-order chi connectivity index (χ1) is 61.6. The molecule has 0 radical (unpaired) electrons. The number of aromatic nitrogens is 4. The predicted octanol–water partition coefficient (Wildman–Crippen LogP) is 2.32. The van der Waals surface area contributed by atoms with Crippen molar-refractivity contribution in [3.05, 3.63) is 225 Å². The van der Waals surface area contributed by atoms with Gasteiger partial charge in [-0.25, -0.2) is 32.2 Å². The van der Waals surface area contributed by atoms with E-state index in [9.17, 15) is 99.0 Å². The molecule has 39 nitrogen and oxygen atoms in total. The van der Waals surface area contributed by atoms with E-state index in [-0.39, 0.29) is 168 Å². The Morgan fingerprint density at radius 1 is 0.431 bits per heavy atom. The summed E-state index contributed by atoms with van der Waals surface area (Å²) in [4.78, 5) is 136. The second-order valence-corrected chi connectivity index (χ2v) is 44.1. The van der Waals surface area contributed by atoms with Crippen molar-refractivity contribution in [3.63, 3.8) is 0 Å². The fraction of sp³-hybridized carbons (Fsp3) is 0.241. The molecule has 4 heterocycles. The van der Waals surface area contributed by atoms with Crippen LogP contribution in [-0.2, 0) is 108 Å². The minimum atomic E-state index is -5.02. The van der Waals surface area contributed by atoms with Gasteiger partial charge in [-0.05, 0) is 97.1 Å². The van der Waals surface area contributed by atoms with Crippen LogP contribution in [0, 0.1) is 61.7 Å². The molecule has 8 amide bonds. The van der Waals surface area contributed by atoms with Gasteiger partial charge in [0.1, 0.15) is 11.6 Å². The van der Waals surface area contributed by atoms with Crippen LogP contribution >= 0.6 is 0 Å². The molecular formula is C83H97F6K2N17O22S7. The molecule has 8 rings (SSSR count). The van der Waals surface area contributed by atoms with Gasteiger partial charge < -0.3 is 60.3 Å². The summed E-state index contributed by atoms with van der Waals surface area (Å²) in [6, 6.07) is 34.0. The zero-order chi connectivity index (χ0) is 105. The average molecular weight is 2100 g/mol. The van der Waals surface area contributed by atoms with E-state index in [4.69, 9.17) is 50.9 Å². The molecule has 0 aliphatic heterocycles. The molecule has 4 aromatic heterocycles. The minimum Gasteiger partial charge on any atom is -1.00 e. The maximum Gasteiger partial charge on any atom is 1.00 e. The van der Waals surface area contributed by atoms with E-state index in [0.717, 1.165) is 12.5 Å². The Hall–Kier alpha value is -11.2. The van der Waals surface area contributed by atoms with Crippen molar-refractivity contribution in [1.29, 1.82) is 14.3 Å². The number of carbonyl (C=O) groups excluding carboxylic acids is 9. The van der Waals surface area contributed by atoms with Crippen molar-refractivity contribution in [2.45, 2.75) is 40.0 Å². The van der Waals surface area contributed by atoms with E-state index >= 15 is 0 Å². The van der Waals surface area contributed by atoms with Gasteiger partial charge in [-0.1, -0.05) is 71.6 Å². The molecule has 0 saturated heterocycles. The van der Waals surface area contributed by atoms with Crippen LogP contribution in [0.4, 0.5) is 60.7 Å². The number of benzene rings is 4. The van der Waals surface area contributed by atoms with Crippen LogP contribution in [0.3, 0.4) is 0 Å². The Labute approximate surface area is 878 Å². The number of amides is 8. The molecule has 0 unspecified atom stereocenters. The van der Waals surface area contributed by atoms with Crippen LogP contribution in [0.15, 0.2) is 172 Å². The summed E-state index contributed by atoms with van der Waals surface area (Å²) in [7, 11) is -15.2. The quantitative estimate of drug-likeness (QED) is 0.0246. The third-order valence-electron chi connectivity index (χ3n) is 11.9. The van der Waals surface area contributed by atoms with Gasteiger partial charge in [-0.2, -0.15) is 39.4 Å². The Morgan fingerprint density at radius 3 is 0.891 bits per heavy atom. The summed E-state index contributed by atoms with van der Waals surface area (Å²) in [6.45, 7) is 5.52. The van der Waals surface area contributed by atoms with E-state index < -0.39 is 117 Å². The largest absolute Gasteiger partial charge is 1.00 e.